The molecule has 2 rings (SSSR count). The van der Waals surface area contributed by atoms with Crippen LogP contribution < -0.4 is 4.72 Å². The van der Waals surface area contributed by atoms with E-state index in [0.717, 1.165) is 25.0 Å². The highest BCUT2D eigenvalue weighted by atomic mass is 32.2. The van der Waals surface area contributed by atoms with Crippen LogP contribution in [0.3, 0.4) is 0 Å². The first-order valence-corrected chi connectivity index (χ1v) is 8.46. The first-order chi connectivity index (χ1) is 10.5. The second-order valence-corrected chi connectivity index (χ2v) is 6.65. The zero-order valence-electron chi connectivity index (χ0n) is 11.9. The fourth-order valence-corrected chi connectivity index (χ4v) is 3.23. The molecule has 3 nitrogen and oxygen atoms in total. The Morgan fingerprint density at radius 3 is 2.41 bits per heavy atom. The second-order valence-electron chi connectivity index (χ2n) is 4.92. The first kappa shape index (κ1) is 16.6. The Bertz CT molecular complexity index is 718. The number of aryl methyl sites for hydroxylation is 1. The van der Waals surface area contributed by atoms with Gasteiger partial charge >= 0.3 is 0 Å². The normalized spacial score (nSPS) is 11.5. The molecule has 0 spiro atoms. The maximum Gasteiger partial charge on any atom is 0.243 e. The molecule has 0 amide bonds. The number of rotatable bonds is 7. The Morgan fingerprint density at radius 1 is 0.955 bits per heavy atom. The fourth-order valence-electron chi connectivity index (χ4n) is 2.07. The summed E-state index contributed by atoms with van der Waals surface area (Å²) in [5.74, 6) is -1.75. The summed E-state index contributed by atoms with van der Waals surface area (Å²) in [6.07, 6.45) is 2.26. The summed E-state index contributed by atoms with van der Waals surface area (Å²) in [7, 11) is -4.02. The summed E-state index contributed by atoms with van der Waals surface area (Å²) in [5.41, 5.74) is 1.18. The fraction of sp³-hybridized carbons (Fsp3) is 0.250. The van der Waals surface area contributed by atoms with Crippen LogP contribution in [0.15, 0.2) is 53.4 Å². The molecular weight excluding hydrogens is 308 g/mol. The third-order valence-corrected chi connectivity index (χ3v) is 4.69. The molecule has 0 unspecified atom stereocenters. The maximum absolute atomic E-state index is 13.5. The lowest BCUT2D eigenvalue weighted by molar-refractivity contribution is 0.544. The highest BCUT2D eigenvalue weighted by molar-refractivity contribution is 7.89. The SMILES string of the molecule is O=S(=O)(NCCCCc1ccccc1)c1cc(F)ccc1F. The highest BCUT2D eigenvalue weighted by Gasteiger charge is 2.19. The molecule has 0 aliphatic heterocycles. The Kier molecular flexibility index (Phi) is 5.63. The summed E-state index contributed by atoms with van der Waals surface area (Å²) >= 11 is 0. The minimum atomic E-state index is -4.02. The minimum Gasteiger partial charge on any atom is -0.211 e. The maximum atomic E-state index is 13.5. The molecule has 2 aromatic rings. The molecule has 2 aromatic carbocycles. The standard InChI is InChI=1S/C16H17F2NO2S/c17-14-9-10-15(18)16(12-14)22(20,21)19-11-5-4-8-13-6-2-1-3-7-13/h1-3,6-7,9-10,12,19H,4-5,8,11H2. The van der Waals surface area contributed by atoms with Crippen LogP contribution in [-0.2, 0) is 16.4 Å². The van der Waals surface area contributed by atoms with Crippen LogP contribution in [0, 0.1) is 11.6 Å². The van der Waals surface area contributed by atoms with Crippen molar-refractivity contribution in [3.63, 3.8) is 0 Å². The van der Waals surface area contributed by atoms with Crippen LogP contribution in [0.25, 0.3) is 0 Å². The van der Waals surface area contributed by atoms with Crippen molar-refractivity contribution in [1.29, 1.82) is 0 Å². The number of hydrogen-bond donors (Lipinski definition) is 1. The molecule has 0 saturated heterocycles. The average molecular weight is 325 g/mol. The lowest BCUT2D eigenvalue weighted by Gasteiger charge is -2.08. The van der Waals surface area contributed by atoms with E-state index in [0.29, 0.717) is 12.5 Å². The van der Waals surface area contributed by atoms with E-state index in [2.05, 4.69) is 4.72 Å². The van der Waals surface area contributed by atoms with Crippen molar-refractivity contribution in [3.05, 3.63) is 65.7 Å². The first-order valence-electron chi connectivity index (χ1n) is 6.98. The van der Waals surface area contributed by atoms with Crippen molar-refractivity contribution in [3.8, 4) is 0 Å². The Hall–Kier alpha value is -1.79. The largest absolute Gasteiger partial charge is 0.243 e. The number of hydrogen-bond acceptors (Lipinski definition) is 2. The smallest absolute Gasteiger partial charge is 0.211 e. The molecule has 0 fully saturated rings. The quantitative estimate of drug-likeness (QED) is 0.794. The van der Waals surface area contributed by atoms with Crippen molar-refractivity contribution in [1.82, 2.24) is 4.72 Å². The Morgan fingerprint density at radius 2 is 1.68 bits per heavy atom. The van der Waals surface area contributed by atoms with Gasteiger partial charge in [-0.05, 0) is 43.0 Å². The van der Waals surface area contributed by atoms with Crippen LogP contribution in [0.4, 0.5) is 8.78 Å². The van der Waals surface area contributed by atoms with Gasteiger partial charge in [0.15, 0.2) is 0 Å². The Balaban J connectivity index is 1.84. The van der Waals surface area contributed by atoms with E-state index >= 15 is 0 Å². The summed E-state index contributed by atoms with van der Waals surface area (Å²) in [6, 6.07) is 12.2. The zero-order valence-corrected chi connectivity index (χ0v) is 12.7. The van der Waals surface area contributed by atoms with Crippen molar-refractivity contribution in [2.75, 3.05) is 6.54 Å². The highest BCUT2D eigenvalue weighted by Crippen LogP contribution is 2.15. The molecule has 0 aliphatic rings. The van der Waals surface area contributed by atoms with Gasteiger partial charge in [0.25, 0.3) is 0 Å². The van der Waals surface area contributed by atoms with E-state index in [9.17, 15) is 17.2 Å². The third-order valence-electron chi connectivity index (χ3n) is 3.21. The van der Waals surface area contributed by atoms with Gasteiger partial charge < -0.3 is 0 Å². The summed E-state index contributed by atoms with van der Waals surface area (Å²) < 4.78 is 52.7. The van der Waals surface area contributed by atoms with Gasteiger partial charge in [-0.1, -0.05) is 30.3 Å². The number of halogens is 2. The molecule has 0 bridgehead atoms. The van der Waals surface area contributed by atoms with Crippen LogP contribution in [0.5, 0.6) is 0 Å². The van der Waals surface area contributed by atoms with Crippen molar-refractivity contribution in [2.24, 2.45) is 0 Å². The summed E-state index contributed by atoms with van der Waals surface area (Å²) in [5, 5.41) is 0. The summed E-state index contributed by atoms with van der Waals surface area (Å²) in [6.45, 7) is 0.186. The Labute approximate surface area is 129 Å². The topological polar surface area (TPSA) is 46.2 Å². The van der Waals surface area contributed by atoms with Crippen LogP contribution in [-0.4, -0.2) is 15.0 Å². The van der Waals surface area contributed by atoms with Gasteiger partial charge in [-0.15, -0.1) is 0 Å². The van der Waals surface area contributed by atoms with Gasteiger partial charge in [-0.3, -0.25) is 0 Å². The minimum absolute atomic E-state index is 0.186. The van der Waals surface area contributed by atoms with E-state index in [1.165, 1.54) is 5.56 Å². The number of unbranched alkanes of at least 4 members (excludes halogenated alkanes) is 1. The monoisotopic (exact) mass is 325 g/mol. The number of nitrogens with one attached hydrogen (secondary N) is 1. The van der Waals surface area contributed by atoms with Gasteiger partial charge in [-0.25, -0.2) is 21.9 Å². The van der Waals surface area contributed by atoms with E-state index in [1.54, 1.807) is 0 Å². The van der Waals surface area contributed by atoms with Crippen LogP contribution in [0.1, 0.15) is 18.4 Å². The molecule has 22 heavy (non-hydrogen) atoms. The van der Waals surface area contributed by atoms with E-state index in [-0.39, 0.29) is 6.54 Å². The molecule has 0 radical (unpaired) electrons. The predicted molar refractivity (Wildman–Crippen MR) is 80.9 cm³/mol. The van der Waals surface area contributed by atoms with Gasteiger partial charge in [-0.2, -0.15) is 0 Å². The van der Waals surface area contributed by atoms with E-state index < -0.39 is 26.6 Å². The molecule has 0 saturated carbocycles. The molecule has 0 aromatic heterocycles. The van der Waals surface area contributed by atoms with Crippen molar-refractivity contribution >= 4 is 10.0 Å². The van der Waals surface area contributed by atoms with Gasteiger partial charge in [0.2, 0.25) is 10.0 Å². The van der Waals surface area contributed by atoms with E-state index in [1.807, 2.05) is 30.3 Å². The molecular formula is C16H17F2NO2S. The predicted octanol–water partition coefficient (Wildman–Crippen LogP) is 3.27. The molecule has 118 valence electrons. The van der Waals surface area contributed by atoms with Crippen LogP contribution >= 0.6 is 0 Å². The second kappa shape index (κ2) is 7.47. The molecule has 6 heteroatoms. The van der Waals surface area contributed by atoms with Gasteiger partial charge in [0.05, 0.1) is 0 Å². The summed E-state index contributed by atoms with van der Waals surface area (Å²) in [4.78, 5) is -0.657. The van der Waals surface area contributed by atoms with Crippen molar-refractivity contribution in [2.45, 2.75) is 24.2 Å². The third kappa shape index (κ3) is 4.61. The molecule has 0 heterocycles. The van der Waals surface area contributed by atoms with Crippen LogP contribution in [0.2, 0.25) is 0 Å². The van der Waals surface area contributed by atoms with Gasteiger partial charge in [0, 0.05) is 6.54 Å². The van der Waals surface area contributed by atoms with E-state index in [4.69, 9.17) is 0 Å². The zero-order chi connectivity index (χ0) is 16.0. The average Bonchev–Trinajstić information content (AvgIpc) is 2.50. The molecule has 0 atom stereocenters. The lowest BCUT2D eigenvalue weighted by Crippen LogP contribution is -2.25. The number of benzene rings is 2. The lowest BCUT2D eigenvalue weighted by atomic mass is 10.1. The molecule has 0 aliphatic carbocycles. The number of sulfonamides is 1. The van der Waals surface area contributed by atoms with Crippen molar-refractivity contribution < 1.29 is 17.2 Å². The van der Waals surface area contributed by atoms with Gasteiger partial charge in [0.1, 0.15) is 16.5 Å². The molecule has 1 N–H and O–H groups in total.